The van der Waals surface area contributed by atoms with E-state index in [1.54, 1.807) is 12.1 Å². The summed E-state index contributed by atoms with van der Waals surface area (Å²) in [7, 11) is 0. The molecular formula is C21H20Cl2FNO. The van der Waals surface area contributed by atoms with E-state index >= 15 is 0 Å². The maximum absolute atomic E-state index is 12.9. The highest BCUT2D eigenvalue weighted by atomic mass is 35.5. The fourth-order valence-corrected chi connectivity index (χ4v) is 2.70. The van der Waals surface area contributed by atoms with Gasteiger partial charge in [-0.15, -0.1) is 12.4 Å². The second-order valence-electron chi connectivity index (χ2n) is 5.76. The molecule has 3 rings (SSSR count). The number of rotatable bonds is 7. The Morgan fingerprint density at radius 3 is 2.31 bits per heavy atom. The molecule has 0 saturated heterocycles. The topological polar surface area (TPSA) is 21.3 Å². The Kier molecular flexibility index (Phi) is 7.92. The molecule has 0 fully saturated rings. The fraction of sp³-hybridized carbons (Fsp3) is 0.143. The van der Waals surface area contributed by atoms with Gasteiger partial charge < -0.3 is 10.1 Å². The van der Waals surface area contributed by atoms with Gasteiger partial charge in [-0.2, -0.15) is 0 Å². The quantitative estimate of drug-likeness (QED) is 0.551. The van der Waals surface area contributed by atoms with Crippen LogP contribution in [-0.4, -0.2) is 0 Å². The minimum atomic E-state index is -0.227. The van der Waals surface area contributed by atoms with Crippen LogP contribution >= 0.6 is 24.0 Å². The van der Waals surface area contributed by atoms with Crippen molar-refractivity contribution in [3.05, 3.63) is 100 Å². The predicted octanol–water partition coefficient (Wildman–Crippen LogP) is 5.77. The van der Waals surface area contributed by atoms with Crippen LogP contribution in [0, 0.1) is 5.82 Å². The fourth-order valence-electron chi connectivity index (χ4n) is 2.51. The van der Waals surface area contributed by atoms with Gasteiger partial charge in [0, 0.05) is 23.7 Å². The third-order valence-corrected chi connectivity index (χ3v) is 4.05. The molecule has 0 atom stereocenters. The summed E-state index contributed by atoms with van der Waals surface area (Å²) < 4.78 is 18.9. The van der Waals surface area contributed by atoms with Crippen molar-refractivity contribution >= 4 is 24.0 Å². The normalized spacial score (nSPS) is 10.2. The summed E-state index contributed by atoms with van der Waals surface area (Å²) in [5.41, 5.74) is 3.13. The minimum Gasteiger partial charge on any atom is -0.489 e. The summed E-state index contributed by atoms with van der Waals surface area (Å²) in [6, 6.07) is 22.1. The van der Waals surface area contributed by atoms with Crippen molar-refractivity contribution in [3.8, 4) is 5.75 Å². The molecule has 3 aromatic rings. The molecule has 26 heavy (non-hydrogen) atoms. The molecule has 0 aromatic heterocycles. The highest BCUT2D eigenvalue weighted by Crippen LogP contribution is 2.24. The Balaban J connectivity index is 0.00000243. The third-order valence-electron chi connectivity index (χ3n) is 3.82. The van der Waals surface area contributed by atoms with Crippen LogP contribution in [0.15, 0.2) is 72.8 Å². The average Bonchev–Trinajstić information content (AvgIpc) is 2.63. The zero-order chi connectivity index (χ0) is 17.5. The van der Waals surface area contributed by atoms with Gasteiger partial charge in [-0.25, -0.2) is 4.39 Å². The summed E-state index contributed by atoms with van der Waals surface area (Å²) in [5, 5.41) is 4.01. The van der Waals surface area contributed by atoms with Gasteiger partial charge in [0.05, 0.1) is 0 Å². The molecule has 3 aromatic carbocycles. The van der Waals surface area contributed by atoms with Crippen molar-refractivity contribution < 1.29 is 9.13 Å². The lowest BCUT2D eigenvalue weighted by molar-refractivity contribution is 0.302. The molecule has 0 radical (unpaired) electrons. The lowest BCUT2D eigenvalue weighted by Gasteiger charge is -2.13. The van der Waals surface area contributed by atoms with Crippen molar-refractivity contribution in [1.29, 1.82) is 0 Å². The largest absolute Gasteiger partial charge is 0.489 e. The zero-order valence-electron chi connectivity index (χ0n) is 14.1. The number of halogens is 3. The number of ether oxygens (including phenoxy) is 1. The molecular weight excluding hydrogens is 372 g/mol. The first-order valence-electron chi connectivity index (χ1n) is 8.11. The molecule has 0 aliphatic carbocycles. The molecule has 136 valence electrons. The van der Waals surface area contributed by atoms with Gasteiger partial charge in [0.1, 0.15) is 18.2 Å². The van der Waals surface area contributed by atoms with E-state index in [1.165, 1.54) is 12.1 Å². The Morgan fingerprint density at radius 1 is 0.846 bits per heavy atom. The van der Waals surface area contributed by atoms with Crippen LogP contribution in [0.3, 0.4) is 0 Å². The van der Waals surface area contributed by atoms with Crippen LogP contribution in [-0.2, 0) is 19.7 Å². The second kappa shape index (κ2) is 10.2. The number of nitrogens with one attached hydrogen (secondary N) is 1. The maximum atomic E-state index is 12.9. The van der Waals surface area contributed by atoms with E-state index in [4.69, 9.17) is 16.3 Å². The van der Waals surface area contributed by atoms with Gasteiger partial charge in [-0.05, 0) is 41.5 Å². The number of hydrogen-bond donors (Lipinski definition) is 1. The lowest BCUT2D eigenvalue weighted by Crippen LogP contribution is -2.13. The second-order valence-corrected chi connectivity index (χ2v) is 6.19. The van der Waals surface area contributed by atoms with Crippen molar-refractivity contribution in [1.82, 2.24) is 5.32 Å². The van der Waals surface area contributed by atoms with Crippen LogP contribution in [0.2, 0.25) is 5.02 Å². The van der Waals surface area contributed by atoms with E-state index in [9.17, 15) is 4.39 Å². The number of benzene rings is 3. The van der Waals surface area contributed by atoms with Gasteiger partial charge in [-0.1, -0.05) is 54.1 Å². The summed E-state index contributed by atoms with van der Waals surface area (Å²) in [6.07, 6.45) is 0. The van der Waals surface area contributed by atoms with Gasteiger partial charge in [0.2, 0.25) is 0 Å². The van der Waals surface area contributed by atoms with Gasteiger partial charge in [-0.3, -0.25) is 0 Å². The first kappa shape index (κ1) is 20.2. The van der Waals surface area contributed by atoms with Gasteiger partial charge in [0.15, 0.2) is 0 Å². The average molecular weight is 392 g/mol. The predicted molar refractivity (Wildman–Crippen MR) is 106 cm³/mol. The Labute approximate surface area is 164 Å². The first-order valence-corrected chi connectivity index (χ1v) is 8.49. The summed E-state index contributed by atoms with van der Waals surface area (Å²) in [6.45, 7) is 1.76. The summed E-state index contributed by atoms with van der Waals surface area (Å²) in [4.78, 5) is 0. The van der Waals surface area contributed by atoms with E-state index in [1.807, 2.05) is 48.5 Å². The molecule has 0 saturated carbocycles. The minimum absolute atomic E-state index is 0. The molecule has 0 bridgehead atoms. The third kappa shape index (κ3) is 6.03. The first-order chi connectivity index (χ1) is 12.2. The van der Waals surface area contributed by atoms with Crippen LogP contribution in [0.25, 0.3) is 0 Å². The maximum Gasteiger partial charge on any atom is 0.124 e. The molecule has 0 spiro atoms. The SMILES string of the molecule is Cl.Fc1ccc(CNCc2cc(Cl)ccc2OCc2ccccc2)cc1. The van der Waals surface area contributed by atoms with Crippen LogP contribution < -0.4 is 10.1 Å². The smallest absolute Gasteiger partial charge is 0.124 e. The Bertz CT molecular complexity index is 810. The highest BCUT2D eigenvalue weighted by molar-refractivity contribution is 6.30. The molecule has 5 heteroatoms. The lowest BCUT2D eigenvalue weighted by atomic mass is 10.1. The Morgan fingerprint density at radius 2 is 1.58 bits per heavy atom. The standard InChI is InChI=1S/C21H19ClFNO.ClH/c22-19-8-11-21(25-15-17-4-2-1-3-5-17)18(12-19)14-24-13-16-6-9-20(23)10-7-16;/h1-12,24H,13-15H2;1H. The van der Waals surface area contributed by atoms with Crippen LogP contribution in [0.1, 0.15) is 16.7 Å². The van der Waals surface area contributed by atoms with E-state index < -0.39 is 0 Å². The zero-order valence-corrected chi connectivity index (χ0v) is 15.7. The Hall–Kier alpha value is -2.07. The molecule has 0 aliphatic heterocycles. The van der Waals surface area contributed by atoms with E-state index in [2.05, 4.69) is 5.32 Å². The molecule has 0 aliphatic rings. The number of hydrogen-bond acceptors (Lipinski definition) is 2. The summed E-state index contributed by atoms with van der Waals surface area (Å²) in [5.74, 6) is 0.579. The van der Waals surface area contributed by atoms with Crippen molar-refractivity contribution in [2.75, 3.05) is 0 Å². The molecule has 1 N–H and O–H groups in total. The molecule has 2 nitrogen and oxygen atoms in total. The van der Waals surface area contributed by atoms with Crippen LogP contribution in [0.4, 0.5) is 4.39 Å². The van der Waals surface area contributed by atoms with Crippen molar-refractivity contribution in [3.63, 3.8) is 0 Å². The van der Waals surface area contributed by atoms with E-state index in [0.717, 1.165) is 22.4 Å². The van der Waals surface area contributed by atoms with Crippen molar-refractivity contribution in [2.24, 2.45) is 0 Å². The summed E-state index contributed by atoms with van der Waals surface area (Å²) >= 11 is 6.12. The van der Waals surface area contributed by atoms with E-state index in [-0.39, 0.29) is 18.2 Å². The molecule has 0 heterocycles. The van der Waals surface area contributed by atoms with Crippen LogP contribution in [0.5, 0.6) is 5.75 Å². The van der Waals surface area contributed by atoms with Gasteiger partial charge >= 0.3 is 0 Å². The monoisotopic (exact) mass is 391 g/mol. The molecule has 0 unspecified atom stereocenters. The highest BCUT2D eigenvalue weighted by Gasteiger charge is 2.06. The van der Waals surface area contributed by atoms with Crippen molar-refractivity contribution in [2.45, 2.75) is 19.7 Å². The van der Waals surface area contributed by atoms with E-state index in [0.29, 0.717) is 24.7 Å². The van der Waals surface area contributed by atoms with Gasteiger partial charge in [0.25, 0.3) is 0 Å². The molecule has 0 amide bonds.